The molecule has 4 nitrogen and oxygen atoms in total. The molecule has 1 aliphatic rings. The Kier molecular flexibility index (Phi) is 8.30. The number of carboxylic acids is 2. The molecule has 0 bridgehead atoms. The van der Waals surface area contributed by atoms with Crippen LogP contribution in [0.25, 0.3) is 0 Å². The summed E-state index contributed by atoms with van der Waals surface area (Å²) < 4.78 is 0. The van der Waals surface area contributed by atoms with E-state index in [9.17, 15) is 14.7 Å². The van der Waals surface area contributed by atoms with Crippen LogP contribution >= 0.6 is 0 Å². The quantitative estimate of drug-likeness (QED) is 0.365. The fourth-order valence-corrected chi connectivity index (χ4v) is 4.05. The molecular formula is C25H38O4. The highest BCUT2D eigenvalue weighted by molar-refractivity contribution is 5.77. The fourth-order valence-electron chi connectivity index (χ4n) is 4.05. The van der Waals surface area contributed by atoms with E-state index in [1.165, 1.54) is 16.7 Å². The topological polar surface area (TPSA) is 74.6 Å². The van der Waals surface area contributed by atoms with Crippen molar-refractivity contribution >= 4 is 11.9 Å². The van der Waals surface area contributed by atoms with Crippen LogP contribution in [-0.4, -0.2) is 22.2 Å². The Morgan fingerprint density at radius 2 is 1.62 bits per heavy atom. The number of carbonyl (C=O) groups is 2. The summed E-state index contributed by atoms with van der Waals surface area (Å²) in [5, 5.41) is 18.4. The van der Waals surface area contributed by atoms with Crippen LogP contribution in [0.5, 0.6) is 0 Å². The van der Waals surface area contributed by atoms with Crippen molar-refractivity contribution in [2.75, 3.05) is 0 Å². The van der Waals surface area contributed by atoms with Gasteiger partial charge >= 0.3 is 11.9 Å². The maximum atomic E-state index is 11.2. The predicted molar refractivity (Wildman–Crippen MR) is 116 cm³/mol. The molecule has 2 rings (SSSR count). The molecule has 0 aliphatic heterocycles. The third-order valence-electron chi connectivity index (χ3n) is 6.66. The highest BCUT2D eigenvalue weighted by atomic mass is 16.4. The number of hydrogen-bond donors (Lipinski definition) is 2. The van der Waals surface area contributed by atoms with E-state index in [4.69, 9.17) is 5.11 Å². The van der Waals surface area contributed by atoms with E-state index in [2.05, 4.69) is 25.1 Å². The molecule has 4 heteroatoms. The van der Waals surface area contributed by atoms with Crippen molar-refractivity contribution in [3.05, 3.63) is 34.9 Å². The van der Waals surface area contributed by atoms with Gasteiger partial charge in [0.1, 0.15) is 0 Å². The number of hydrogen-bond acceptors (Lipinski definition) is 2. The molecule has 0 spiro atoms. The monoisotopic (exact) mass is 402 g/mol. The lowest BCUT2D eigenvalue weighted by atomic mass is 9.87. The van der Waals surface area contributed by atoms with Crippen molar-refractivity contribution in [3.8, 4) is 0 Å². The lowest BCUT2D eigenvalue weighted by Crippen LogP contribution is -2.23. The van der Waals surface area contributed by atoms with Gasteiger partial charge in [0.15, 0.2) is 0 Å². The first-order valence-corrected chi connectivity index (χ1v) is 11.2. The van der Waals surface area contributed by atoms with Gasteiger partial charge in [0.05, 0.1) is 10.8 Å². The molecule has 29 heavy (non-hydrogen) atoms. The molecule has 1 aromatic carbocycles. The minimum Gasteiger partial charge on any atom is -0.481 e. The third-order valence-corrected chi connectivity index (χ3v) is 6.66. The second-order valence-electron chi connectivity index (χ2n) is 9.66. The molecule has 0 unspecified atom stereocenters. The van der Waals surface area contributed by atoms with Crippen LogP contribution in [0, 0.1) is 17.8 Å². The molecule has 0 amide bonds. The van der Waals surface area contributed by atoms with Crippen LogP contribution in [-0.2, 0) is 22.4 Å². The largest absolute Gasteiger partial charge is 0.481 e. The van der Waals surface area contributed by atoms with E-state index >= 15 is 0 Å². The van der Waals surface area contributed by atoms with E-state index in [1.54, 1.807) is 13.8 Å². The van der Waals surface area contributed by atoms with Crippen LogP contribution < -0.4 is 0 Å². The van der Waals surface area contributed by atoms with Crippen LogP contribution in [0.2, 0.25) is 0 Å². The Morgan fingerprint density at radius 3 is 2.21 bits per heavy atom. The molecule has 0 aromatic heterocycles. The second-order valence-corrected chi connectivity index (χ2v) is 9.66. The number of carboxylic acid groups (broad SMARTS) is 2. The minimum atomic E-state index is -0.710. The van der Waals surface area contributed by atoms with E-state index in [-0.39, 0.29) is 5.41 Å². The van der Waals surface area contributed by atoms with E-state index in [1.807, 2.05) is 0 Å². The van der Waals surface area contributed by atoms with E-state index in [0.29, 0.717) is 0 Å². The maximum Gasteiger partial charge on any atom is 0.309 e. The van der Waals surface area contributed by atoms with Gasteiger partial charge in [-0.05, 0) is 88.8 Å². The fraction of sp³-hybridized carbons (Fsp3) is 0.680. The van der Waals surface area contributed by atoms with Crippen molar-refractivity contribution < 1.29 is 19.8 Å². The SMILES string of the molecule is Cc1cc(CCCCCC2(C(=O)O)CC2)ccc1CCCCCC(C)(C)C(=O)O. The number of unbranched alkanes of at least 4 members (excludes halogenated alkanes) is 4. The van der Waals surface area contributed by atoms with Gasteiger partial charge in [-0.3, -0.25) is 9.59 Å². The van der Waals surface area contributed by atoms with Crippen molar-refractivity contribution in [1.29, 1.82) is 0 Å². The Hall–Kier alpha value is -1.84. The molecule has 1 aliphatic carbocycles. The summed E-state index contributed by atoms with van der Waals surface area (Å²) in [6.07, 6.45) is 11.8. The summed E-state index contributed by atoms with van der Waals surface area (Å²) in [7, 11) is 0. The molecular weight excluding hydrogens is 364 g/mol. The second kappa shape index (κ2) is 10.3. The van der Waals surface area contributed by atoms with Crippen molar-refractivity contribution in [1.82, 2.24) is 0 Å². The van der Waals surface area contributed by atoms with E-state index < -0.39 is 17.4 Å². The minimum absolute atomic E-state index is 0.373. The zero-order chi connectivity index (χ0) is 21.5. The average molecular weight is 403 g/mol. The zero-order valence-corrected chi connectivity index (χ0v) is 18.4. The van der Waals surface area contributed by atoms with Crippen LogP contribution in [0.3, 0.4) is 0 Å². The van der Waals surface area contributed by atoms with Crippen LogP contribution in [0.15, 0.2) is 18.2 Å². The van der Waals surface area contributed by atoms with Gasteiger partial charge in [-0.1, -0.05) is 43.9 Å². The molecule has 1 aromatic rings. The van der Waals surface area contributed by atoms with Gasteiger partial charge in [0, 0.05) is 0 Å². The van der Waals surface area contributed by atoms with Crippen molar-refractivity contribution in [2.45, 2.75) is 97.8 Å². The zero-order valence-electron chi connectivity index (χ0n) is 18.4. The van der Waals surface area contributed by atoms with Crippen molar-refractivity contribution in [2.24, 2.45) is 10.8 Å². The normalized spacial score (nSPS) is 15.3. The van der Waals surface area contributed by atoms with Gasteiger partial charge in [0.2, 0.25) is 0 Å². The molecule has 0 heterocycles. The Balaban J connectivity index is 1.64. The van der Waals surface area contributed by atoms with Crippen LogP contribution in [0.1, 0.15) is 94.7 Å². The van der Waals surface area contributed by atoms with Gasteiger partial charge < -0.3 is 10.2 Å². The first-order valence-electron chi connectivity index (χ1n) is 11.2. The molecule has 1 saturated carbocycles. The summed E-state index contributed by atoms with van der Waals surface area (Å²) in [4.78, 5) is 22.3. The third kappa shape index (κ3) is 7.17. The number of aryl methyl sites for hydroxylation is 3. The summed E-state index contributed by atoms with van der Waals surface area (Å²) in [5.74, 6) is -1.31. The van der Waals surface area contributed by atoms with Gasteiger partial charge in [-0.25, -0.2) is 0 Å². The summed E-state index contributed by atoms with van der Waals surface area (Å²) in [6, 6.07) is 6.77. The summed E-state index contributed by atoms with van der Waals surface area (Å²) >= 11 is 0. The number of aliphatic carboxylic acids is 2. The molecule has 0 saturated heterocycles. The summed E-state index contributed by atoms with van der Waals surface area (Å²) in [5.41, 5.74) is 3.11. The smallest absolute Gasteiger partial charge is 0.309 e. The van der Waals surface area contributed by atoms with Gasteiger partial charge in [-0.2, -0.15) is 0 Å². The van der Waals surface area contributed by atoms with Gasteiger partial charge in [0.25, 0.3) is 0 Å². The Morgan fingerprint density at radius 1 is 0.966 bits per heavy atom. The maximum absolute atomic E-state index is 11.2. The highest BCUT2D eigenvalue weighted by Crippen LogP contribution is 2.50. The average Bonchev–Trinajstić information content (AvgIpc) is 3.44. The number of rotatable bonds is 14. The van der Waals surface area contributed by atoms with E-state index in [0.717, 1.165) is 77.0 Å². The lowest BCUT2D eigenvalue weighted by molar-refractivity contribution is -0.147. The summed E-state index contributed by atoms with van der Waals surface area (Å²) in [6.45, 7) is 5.78. The van der Waals surface area contributed by atoms with Gasteiger partial charge in [-0.15, -0.1) is 0 Å². The Labute approximate surface area is 175 Å². The molecule has 0 atom stereocenters. The highest BCUT2D eigenvalue weighted by Gasteiger charge is 2.49. The Bertz CT molecular complexity index is 701. The van der Waals surface area contributed by atoms with Crippen LogP contribution in [0.4, 0.5) is 0 Å². The standard InChI is InChI=1S/C25H38O4/c1-19-18-20(10-6-4-9-15-25(16-17-25)23(28)29)12-13-21(19)11-7-5-8-14-24(2,3)22(26)27/h12-13,18H,4-11,14-17H2,1-3H3,(H,26,27)(H,28,29). The van der Waals surface area contributed by atoms with Crippen molar-refractivity contribution in [3.63, 3.8) is 0 Å². The predicted octanol–water partition coefficient (Wildman–Crippen LogP) is 6.18. The first-order chi connectivity index (χ1) is 13.7. The lowest BCUT2D eigenvalue weighted by Gasteiger charge is -2.18. The molecule has 1 fully saturated rings. The molecule has 2 N–H and O–H groups in total. The number of benzene rings is 1. The molecule has 162 valence electrons. The first kappa shape index (κ1) is 23.4. The molecule has 0 radical (unpaired) electrons.